The van der Waals surface area contributed by atoms with Crippen LogP contribution in [-0.4, -0.2) is 96.7 Å². The van der Waals surface area contributed by atoms with E-state index in [2.05, 4.69) is 29.1 Å². The quantitative estimate of drug-likeness (QED) is 0.0330. The number of urea groups is 1. The van der Waals surface area contributed by atoms with Gasteiger partial charge in [0.15, 0.2) is 0 Å². The van der Waals surface area contributed by atoms with Gasteiger partial charge in [0.05, 0.1) is 30.9 Å². The van der Waals surface area contributed by atoms with Crippen LogP contribution in [0.4, 0.5) is 4.79 Å². The number of carbonyl (C=O) groups is 2. The van der Waals surface area contributed by atoms with E-state index in [0.717, 1.165) is 25.0 Å². The number of unbranched alkanes of at least 4 members (excludes halogenated alkanes) is 1. The van der Waals surface area contributed by atoms with Crippen molar-refractivity contribution in [3.63, 3.8) is 0 Å². The number of ether oxygens (including phenoxy) is 2. The van der Waals surface area contributed by atoms with Crippen LogP contribution in [0.15, 0.2) is 0 Å². The zero-order valence-electron chi connectivity index (χ0n) is 24.3. The lowest BCUT2D eigenvalue weighted by Crippen LogP contribution is -2.37. The maximum absolute atomic E-state index is 12.4. The highest BCUT2D eigenvalue weighted by Crippen LogP contribution is 2.66. The van der Waals surface area contributed by atoms with Gasteiger partial charge in [-0.1, -0.05) is 28.0 Å². The van der Waals surface area contributed by atoms with Gasteiger partial charge in [0.2, 0.25) is 5.91 Å². The van der Waals surface area contributed by atoms with Gasteiger partial charge < -0.3 is 45.0 Å². The number of hydrogen-bond acceptors (Lipinski definition) is 13. The Morgan fingerprint density at radius 1 is 1.14 bits per heavy atom. The molecule has 0 saturated carbocycles. The second-order valence-corrected chi connectivity index (χ2v) is 19.7. The third-order valence-electron chi connectivity index (χ3n) is 6.61. The first-order chi connectivity index (χ1) is 20.3. The van der Waals surface area contributed by atoms with Crippen LogP contribution in [0.25, 0.3) is 0 Å². The number of rotatable bonds is 19. The van der Waals surface area contributed by atoms with E-state index >= 15 is 0 Å². The van der Waals surface area contributed by atoms with Gasteiger partial charge in [0.25, 0.3) is 0 Å². The molecular formula is C21H40N3O14P3S3. The molecule has 3 aliphatic heterocycles. The normalized spacial score (nSPS) is 29.8. The molecule has 3 fully saturated rings. The largest absolute Gasteiger partial charge is 0.490 e. The third-order valence-corrected chi connectivity index (χ3v) is 14.9. The Hall–Kier alpha value is 0.120. The van der Waals surface area contributed by atoms with Crippen molar-refractivity contribution in [1.29, 1.82) is 0 Å². The third kappa shape index (κ3) is 13.7. The van der Waals surface area contributed by atoms with Crippen molar-refractivity contribution in [3.8, 4) is 0 Å². The average Bonchev–Trinajstić information content (AvgIpc) is 3.53. The fourth-order valence-corrected chi connectivity index (χ4v) is 11.5. The molecule has 0 spiro atoms. The van der Waals surface area contributed by atoms with Crippen molar-refractivity contribution in [2.45, 2.75) is 93.3 Å². The van der Waals surface area contributed by atoms with Gasteiger partial charge in [-0.05, 0) is 33.6 Å². The zero-order valence-corrected chi connectivity index (χ0v) is 29.4. The molecule has 3 saturated heterocycles. The molecule has 44 heavy (non-hydrogen) atoms. The van der Waals surface area contributed by atoms with Gasteiger partial charge in [-0.15, -0.1) is 0 Å². The van der Waals surface area contributed by atoms with Crippen LogP contribution in [0.2, 0.25) is 0 Å². The summed E-state index contributed by atoms with van der Waals surface area (Å²) in [5, 5.41) is 9.25. The van der Waals surface area contributed by atoms with E-state index in [1.807, 2.05) is 25.6 Å². The van der Waals surface area contributed by atoms with Crippen molar-refractivity contribution in [2.24, 2.45) is 0 Å². The van der Waals surface area contributed by atoms with E-state index in [0.29, 0.717) is 24.6 Å². The number of fused-ring (bicyclic) bond motifs is 1. The Kier molecular flexibility index (Phi) is 14.5. The maximum Gasteiger partial charge on any atom is 0.490 e. The van der Waals surface area contributed by atoms with Crippen LogP contribution >= 0.6 is 56.8 Å². The van der Waals surface area contributed by atoms with Crippen molar-refractivity contribution in [3.05, 3.63) is 0 Å². The second kappa shape index (κ2) is 16.5. The highest BCUT2D eigenvalue weighted by Gasteiger charge is 2.44. The van der Waals surface area contributed by atoms with Gasteiger partial charge in [-0.25, -0.2) is 18.5 Å². The highest BCUT2D eigenvalue weighted by molar-refractivity contribution is 8.77. The molecule has 0 aromatic rings. The molecule has 0 aliphatic carbocycles. The molecule has 7 N–H and O–H groups in total. The fraction of sp³-hybridized carbons (Fsp3) is 0.905. The van der Waals surface area contributed by atoms with Crippen molar-refractivity contribution in [1.82, 2.24) is 16.0 Å². The molecular weight excluding hydrogens is 707 g/mol. The van der Waals surface area contributed by atoms with E-state index in [1.54, 1.807) is 6.92 Å². The van der Waals surface area contributed by atoms with E-state index < -0.39 is 42.3 Å². The number of carbonyl (C=O) groups excluding carboxylic acids is 2. The molecule has 0 aromatic heterocycles. The molecule has 0 bridgehead atoms. The van der Waals surface area contributed by atoms with E-state index in [1.165, 1.54) is 21.6 Å². The van der Waals surface area contributed by atoms with Crippen LogP contribution < -0.4 is 16.0 Å². The summed E-state index contributed by atoms with van der Waals surface area (Å²) in [5.74, 6) is 1.10. The number of hydrogen-bond donors (Lipinski definition) is 7. The smallest absolute Gasteiger partial charge is 0.370 e. The predicted octanol–water partition coefficient (Wildman–Crippen LogP) is 2.85. The zero-order chi connectivity index (χ0) is 32.8. The Balaban J connectivity index is 1.29. The first-order valence-corrected chi connectivity index (χ1v) is 21.5. The lowest BCUT2D eigenvalue weighted by molar-refractivity contribution is -0.121. The van der Waals surface area contributed by atoms with Gasteiger partial charge in [-0.2, -0.15) is 20.4 Å². The summed E-state index contributed by atoms with van der Waals surface area (Å²) in [7, 11) is -13.5. The van der Waals surface area contributed by atoms with Crippen molar-refractivity contribution >= 4 is 68.8 Å². The first-order valence-electron chi connectivity index (χ1n) is 13.6. The molecule has 8 atom stereocenters. The van der Waals surface area contributed by atoms with Crippen LogP contribution in [-0.2, 0) is 41.1 Å². The molecule has 23 heteroatoms. The van der Waals surface area contributed by atoms with E-state index in [-0.39, 0.29) is 40.8 Å². The number of amides is 3. The van der Waals surface area contributed by atoms with Gasteiger partial charge >= 0.3 is 29.5 Å². The van der Waals surface area contributed by atoms with Crippen LogP contribution in [0, 0.1) is 0 Å². The Labute approximate surface area is 267 Å². The molecule has 17 nitrogen and oxygen atoms in total. The topological polar surface area (TPSA) is 249 Å². The first kappa shape index (κ1) is 38.6. The standard InChI is InChI=1S/C21H40N3O14P3S3/c1-13-8-15(16(36-13)9-35-40(30,31)38-41(32,33)37-39(27,28)29)34-12-43-44-21(2,3)11-22-18(25)7-5-4-6-17-19-14(10-42-17)23-20(26)24-19/h13-17,19H,4-12H2,1-3H3,(H,22,25)(H,30,31)(H,32,33)(H2,23,24,26)(H2,27,28,29)/t13-,14?,15+,16?,17?,19?/m0/s1. The highest BCUT2D eigenvalue weighted by atomic mass is 33.1. The van der Waals surface area contributed by atoms with Gasteiger partial charge in [0.1, 0.15) is 12.0 Å². The molecule has 3 aliphatic rings. The number of nitrogens with one attached hydrogen (secondary N) is 3. The summed E-state index contributed by atoms with van der Waals surface area (Å²) in [6.07, 6.45) is 1.80. The minimum absolute atomic E-state index is 0.0244. The minimum atomic E-state index is -5.61. The molecule has 3 amide bonds. The molecule has 0 radical (unpaired) electrons. The van der Waals surface area contributed by atoms with E-state index in [4.69, 9.17) is 19.3 Å². The van der Waals surface area contributed by atoms with E-state index in [9.17, 15) is 33.1 Å². The number of phosphoric ester groups is 1. The minimum Gasteiger partial charge on any atom is -0.370 e. The summed E-state index contributed by atoms with van der Waals surface area (Å²) in [4.78, 5) is 60.1. The van der Waals surface area contributed by atoms with Crippen LogP contribution in [0.3, 0.4) is 0 Å². The van der Waals surface area contributed by atoms with Crippen LogP contribution in [0.1, 0.15) is 52.9 Å². The number of phosphoric acid groups is 3. The SMILES string of the molecule is C[C@H]1C[C@@H](OCSSC(C)(C)CNC(=O)CCCCC2SCC3NC(=O)NC32)C(COP(=O)(O)OP(=O)(O)OP(=O)(O)O)O1. The molecule has 3 rings (SSSR count). The fourth-order valence-electron chi connectivity index (χ4n) is 4.72. The average molecular weight is 748 g/mol. The summed E-state index contributed by atoms with van der Waals surface area (Å²) in [6.45, 7) is 5.58. The van der Waals surface area contributed by atoms with Crippen molar-refractivity contribution < 1.29 is 65.5 Å². The van der Waals surface area contributed by atoms with Crippen LogP contribution in [0.5, 0.6) is 0 Å². The maximum atomic E-state index is 12.4. The summed E-state index contributed by atoms with van der Waals surface area (Å²) < 4.78 is 57.5. The Bertz CT molecular complexity index is 1150. The van der Waals surface area contributed by atoms with Gasteiger partial charge in [0, 0.05) is 35.1 Å². The van der Waals surface area contributed by atoms with Gasteiger partial charge in [-0.3, -0.25) is 9.32 Å². The summed E-state index contributed by atoms with van der Waals surface area (Å²) in [5.41, 5.74) is 0. The molecule has 0 aromatic carbocycles. The lowest BCUT2D eigenvalue weighted by atomic mass is 10.0. The monoisotopic (exact) mass is 747 g/mol. The predicted molar refractivity (Wildman–Crippen MR) is 165 cm³/mol. The second-order valence-electron chi connectivity index (χ2n) is 11.0. The molecule has 6 unspecified atom stereocenters. The number of thioether (sulfide) groups is 1. The van der Waals surface area contributed by atoms with Crippen molar-refractivity contribution in [2.75, 3.05) is 24.8 Å². The Morgan fingerprint density at radius 3 is 2.57 bits per heavy atom. The summed E-state index contributed by atoms with van der Waals surface area (Å²) in [6, 6.07) is 0.255. The lowest BCUT2D eigenvalue weighted by Gasteiger charge is -2.25. The molecule has 3 heterocycles. The Morgan fingerprint density at radius 2 is 1.86 bits per heavy atom. The summed E-state index contributed by atoms with van der Waals surface area (Å²) >= 11 is 1.86. The molecule has 256 valence electrons.